The van der Waals surface area contributed by atoms with Crippen LogP contribution < -0.4 is 19.7 Å². The van der Waals surface area contributed by atoms with Crippen LogP contribution in [0.25, 0.3) is 0 Å². The molecule has 4 rings (SSSR count). The third-order valence-electron chi connectivity index (χ3n) is 6.21. The molecule has 0 bridgehead atoms. The molecule has 2 aromatic rings. The second-order valence-corrected chi connectivity index (χ2v) is 8.30. The molecule has 5 nitrogen and oxygen atoms in total. The van der Waals surface area contributed by atoms with Crippen LogP contribution in [0.3, 0.4) is 0 Å². The van der Waals surface area contributed by atoms with Crippen LogP contribution in [0.15, 0.2) is 36.4 Å². The summed E-state index contributed by atoms with van der Waals surface area (Å²) in [5, 5.41) is 3.21. The Morgan fingerprint density at radius 3 is 2.45 bits per heavy atom. The van der Waals surface area contributed by atoms with E-state index in [2.05, 4.69) is 48.6 Å². The summed E-state index contributed by atoms with van der Waals surface area (Å²) in [6.45, 7) is 4.74. The van der Waals surface area contributed by atoms with Crippen molar-refractivity contribution in [2.24, 2.45) is 5.92 Å². The average molecular weight is 396 g/mol. The molecule has 0 saturated heterocycles. The largest absolute Gasteiger partial charge is 0.493 e. The van der Waals surface area contributed by atoms with Crippen LogP contribution in [0.1, 0.15) is 41.1 Å². The van der Waals surface area contributed by atoms with E-state index in [0.717, 1.165) is 43.9 Å². The van der Waals surface area contributed by atoms with Crippen LogP contribution in [0.2, 0.25) is 0 Å². The number of fused-ring (bicyclic) bond motifs is 1. The van der Waals surface area contributed by atoms with Crippen molar-refractivity contribution in [1.82, 2.24) is 5.32 Å². The van der Waals surface area contributed by atoms with E-state index in [0.29, 0.717) is 6.54 Å². The first kappa shape index (κ1) is 19.8. The highest BCUT2D eigenvalue weighted by Gasteiger charge is 2.35. The van der Waals surface area contributed by atoms with Crippen molar-refractivity contribution < 1.29 is 19.2 Å². The van der Waals surface area contributed by atoms with Gasteiger partial charge in [-0.25, -0.2) is 0 Å². The minimum atomic E-state index is 0.197. The number of nitrogens with one attached hydrogen (secondary N) is 2. The van der Waals surface area contributed by atoms with Gasteiger partial charge in [-0.05, 0) is 37.5 Å². The van der Waals surface area contributed by atoms with Gasteiger partial charge in [0.15, 0.2) is 11.5 Å². The van der Waals surface area contributed by atoms with E-state index in [9.17, 15) is 4.79 Å². The minimum Gasteiger partial charge on any atom is -0.493 e. The molecule has 0 radical (unpaired) electrons. The normalized spacial score (nSPS) is 20.7. The summed E-state index contributed by atoms with van der Waals surface area (Å²) < 4.78 is 11.1. The van der Waals surface area contributed by atoms with E-state index in [1.807, 2.05) is 0 Å². The molecule has 1 aliphatic heterocycles. The number of carbonyl (C=O) groups excluding carboxylic acids is 1. The van der Waals surface area contributed by atoms with Gasteiger partial charge < -0.3 is 19.7 Å². The van der Waals surface area contributed by atoms with Gasteiger partial charge in [-0.2, -0.15) is 0 Å². The van der Waals surface area contributed by atoms with Crippen LogP contribution in [0.4, 0.5) is 0 Å². The Morgan fingerprint density at radius 1 is 1.10 bits per heavy atom. The second kappa shape index (κ2) is 8.46. The minimum absolute atomic E-state index is 0.197. The molecule has 1 heterocycles. The zero-order chi connectivity index (χ0) is 20.4. The molecule has 1 fully saturated rings. The van der Waals surface area contributed by atoms with Crippen molar-refractivity contribution in [2.45, 2.75) is 38.8 Å². The highest BCUT2D eigenvalue weighted by Crippen LogP contribution is 2.34. The molecule has 1 unspecified atom stereocenters. The predicted molar refractivity (Wildman–Crippen MR) is 112 cm³/mol. The van der Waals surface area contributed by atoms with Crippen LogP contribution in [0.5, 0.6) is 11.5 Å². The van der Waals surface area contributed by atoms with Gasteiger partial charge in [-0.15, -0.1) is 0 Å². The van der Waals surface area contributed by atoms with Crippen molar-refractivity contribution >= 4 is 5.91 Å². The van der Waals surface area contributed by atoms with E-state index in [1.54, 1.807) is 14.2 Å². The quantitative estimate of drug-likeness (QED) is 0.756. The Bertz CT molecular complexity index is 874. The number of rotatable bonds is 7. The maximum Gasteiger partial charge on any atom is 0.223 e. The number of carbonyl (C=O) groups is 1. The first-order valence-electron chi connectivity index (χ1n) is 10.5. The van der Waals surface area contributed by atoms with Gasteiger partial charge in [-0.1, -0.05) is 29.8 Å². The summed E-state index contributed by atoms with van der Waals surface area (Å²) in [6, 6.07) is 13.2. The summed E-state index contributed by atoms with van der Waals surface area (Å²) in [6.07, 6.45) is 3.04. The number of quaternary nitrogens is 1. The monoisotopic (exact) mass is 395 g/mol. The maximum atomic E-state index is 12.3. The lowest BCUT2D eigenvalue weighted by Crippen LogP contribution is -3.12. The predicted octanol–water partition coefficient (Wildman–Crippen LogP) is 2.22. The molecule has 1 aliphatic carbocycles. The van der Waals surface area contributed by atoms with Crippen molar-refractivity contribution in [3.8, 4) is 11.5 Å². The maximum absolute atomic E-state index is 12.3. The molecule has 1 saturated carbocycles. The van der Waals surface area contributed by atoms with Gasteiger partial charge in [0.05, 0.1) is 27.3 Å². The number of methoxy groups -OCH3 is 2. The average Bonchev–Trinajstić information content (AvgIpc) is 3.58. The molecule has 5 heteroatoms. The smallest absolute Gasteiger partial charge is 0.223 e. The van der Waals surface area contributed by atoms with Gasteiger partial charge in [0.25, 0.3) is 0 Å². The SMILES string of the molecule is COc1cc2c(cc1OC)[C@H](CNC(=O)C1CC1)[NH+](Cc1ccc(C)cc1)CC2. The topological polar surface area (TPSA) is 52.0 Å². The molecule has 154 valence electrons. The fourth-order valence-corrected chi connectivity index (χ4v) is 4.29. The Labute approximate surface area is 173 Å². The van der Waals surface area contributed by atoms with Crippen molar-refractivity contribution in [3.05, 3.63) is 58.7 Å². The summed E-state index contributed by atoms with van der Waals surface area (Å²) in [7, 11) is 3.35. The van der Waals surface area contributed by atoms with E-state index >= 15 is 0 Å². The molecule has 2 aliphatic rings. The molecule has 29 heavy (non-hydrogen) atoms. The molecular weight excluding hydrogens is 364 g/mol. The Hall–Kier alpha value is -2.53. The number of aryl methyl sites for hydroxylation is 1. The highest BCUT2D eigenvalue weighted by molar-refractivity contribution is 5.80. The first-order valence-corrected chi connectivity index (χ1v) is 10.5. The standard InChI is InChI=1S/C24H30N2O3/c1-16-4-6-17(7-5-16)15-26-11-10-19-12-22(28-2)23(29-3)13-20(19)21(26)14-25-24(27)18-8-9-18/h4-7,12-13,18,21H,8-11,14-15H2,1-3H3,(H,25,27)/p+1/t21-/m0/s1. The van der Waals surface area contributed by atoms with E-state index in [4.69, 9.17) is 9.47 Å². The Morgan fingerprint density at radius 2 is 1.79 bits per heavy atom. The molecule has 0 aromatic heterocycles. The molecule has 2 atom stereocenters. The molecule has 2 aromatic carbocycles. The number of ether oxygens (including phenoxy) is 2. The molecule has 2 N–H and O–H groups in total. The lowest BCUT2D eigenvalue weighted by atomic mass is 9.91. The fourth-order valence-electron chi connectivity index (χ4n) is 4.29. The Balaban J connectivity index is 1.61. The van der Waals surface area contributed by atoms with Crippen LogP contribution in [0, 0.1) is 12.8 Å². The number of amides is 1. The van der Waals surface area contributed by atoms with Gasteiger partial charge in [0.2, 0.25) is 5.91 Å². The zero-order valence-electron chi connectivity index (χ0n) is 17.6. The highest BCUT2D eigenvalue weighted by atomic mass is 16.5. The summed E-state index contributed by atoms with van der Waals surface area (Å²) in [5.74, 6) is 1.95. The summed E-state index contributed by atoms with van der Waals surface area (Å²) >= 11 is 0. The first-order chi connectivity index (χ1) is 14.1. The lowest BCUT2D eigenvalue weighted by Gasteiger charge is -2.35. The fraction of sp³-hybridized carbons (Fsp3) is 0.458. The van der Waals surface area contributed by atoms with Crippen LogP contribution >= 0.6 is 0 Å². The lowest BCUT2D eigenvalue weighted by molar-refractivity contribution is -0.945. The third-order valence-corrected chi connectivity index (χ3v) is 6.21. The van der Waals surface area contributed by atoms with Crippen molar-refractivity contribution in [2.75, 3.05) is 27.3 Å². The number of benzene rings is 2. The van der Waals surface area contributed by atoms with Crippen molar-refractivity contribution in [3.63, 3.8) is 0 Å². The number of hydrogen-bond acceptors (Lipinski definition) is 3. The molecule has 0 spiro atoms. The van der Waals surface area contributed by atoms with Crippen LogP contribution in [-0.4, -0.2) is 33.2 Å². The zero-order valence-corrected chi connectivity index (χ0v) is 17.6. The Kier molecular flexibility index (Phi) is 5.76. The van der Waals surface area contributed by atoms with Crippen molar-refractivity contribution in [1.29, 1.82) is 0 Å². The summed E-state index contributed by atoms with van der Waals surface area (Å²) in [4.78, 5) is 13.8. The van der Waals surface area contributed by atoms with E-state index in [-0.39, 0.29) is 17.9 Å². The molecular formula is C24H31N2O3+. The van der Waals surface area contributed by atoms with E-state index < -0.39 is 0 Å². The number of hydrogen-bond donors (Lipinski definition) is 2. The third kappa shape index (κ3) is 4.40. The van der Waals surface area contributed by atoms with Crippen LogP contribution in [-0.2, 0) is 17.8 Å². The van der Waals surface area contributed by atoms with Gasteiger partial charge in [0, 0.05) is 23.5 Å². The second-order valence-electron chi connectivity index (χ2n) is 8.30. The van der Waals surface area contributed by atoms with Gasteiger partial charge in [-0.3, -0.25) is 4.79 Å². The van der Waals surface area contributed by atoms with Gasteiger partial charge in [0.1, 0.15) is 12.6 Å². The summed E-state index contributed by atoms with van der Waals surface area (Å²) in [5.41, 5.74) is 5.15. The van der Waals surface area contributed by atoms with Gasteiger partial charge >= 0.3 is 0 Å². The molecule has 1 amide bonds. The van der Waals surface area contributed by atoms with E-state index in [1.165, 1.54) is 27.2 Å².